The number of aromatic amines is 1. The van der Waals surface area contributed by atoms with E-state index in [1.807, 2.05) is 24.3 Å². The number of benzene rings is 1. The number of nitrogens with one attached hydrogen (secondary N) is 1. The molecule has 1 aromatic carbocycles. The lowest BCUT2D eigenvalue weighted by Crippen LogP contribution is -2.18. The van der Waals surface area contributed by atoms with Gasteiger partial charge in [0.25, 0.3) is 5.91 Å². The van der Waals surface area contributed by atoms with Gasteiger partial charge in [0.05, 0.1) is 6.10 Å². The monoisotopic (exact) mass is 335 g/mol. The van der Waals surface area contributed by atoms with Crippen LogP contribution in [-0.4, -0.2) is 37.9 Å². The van der Waals surface area contributed by atoms with E-state index in [0.29, 0.717) is 18.7 Å². The van der Waals surface area contributed by atoms with Crippen LogP contribution in [0.3, 0.4) is 0 Å². The van der Waals surface area contributed by atoms with E-state index in [1.54, 1.807) is 13.2 Å². The van der Waals surface area contributed by atoms with Crippen LogP contribution in [0, 0.1) is 0 Å². The fourth-order valence-electron chi connectivity index (χ4n) is 2.56. The molecule has 0 aliphatic carbocycles. The van der Waals surface area contributed by atoms with E-state index in [0.717, 1.165) is 10.5 Å². The molecule has 124 valence electrons. The zero-order valence-electron chi connectivity index (χ0n) is 13.2. The molecule has 2 rings (SSSR count). The molecule has 0 radical (unpaired) electrons. The third-order valence-corrected chi connectivity index (χ3v) is 4.81. The van der Waals surface area contributed by atoms with Crippen molar-refractivity contribution in [3.05, 3.63) is 47.5 Å². The molecule has 23 heavy (non-hydrogen) atoms. The smallest absolute Gasteiger partial charge is 0.268 e. The van der Waals surface area contributed by atoms with Crippen LogP contribution >= 0.6 is 0 Å². The van der Waals surface area contributed by atoms with Crippen molar-refractivity contribution in [1.82, 2.24) is 9.97 Å². The molecule has 0 saturated heterocycles. The van der Waals surface area contributed by atoms with E-state index in [-0.39, 0.29) is 11.6 Å². The summed E-state index contributed by atoms with van der Waals surface area (Å²) >= 11 is -1.06. The number of amides is 1. The number of aryl methyl sites for hydroxylation is 1. The van der Waals surface area contributed by atoms with Crippen molar-refractivity contribution >= 4 is 17.1 Å². The largest absolute Gasteiger partial charge is 0.612 e. The quantitative estimate of drug-likeness (QED) is 0.662. The Bertz CT molecular complexity index is 670. The number of hydrogen-bond acceptors (Lipinski definition) is 4. The number of rotatable bonds is 7. The minimum atomic E-state index is -1.06. The number of nitrogens with zero attached hydrogens (tertiary/aromatic N) is 1. The summed E-state index contributed by atoms with van der Waals surface area (Å²) < 4.78 is 11.8. The molecule has 0 saturated carbocycles. The lowest BCUT2D eigenvalue weighted by molar-refractivity contribution is 0.0995. The second kappa shape index (κ2) is 7.63. The van der Waals surface area contributed by atoms with Crippen LogP contribution in [0.4, 0.5) is 0 Å². The second-order valence-corrected chi connectivity index (χ2v) is 6.83. The summed E-state index contributed by atoms with van der Waals surface area (Å²) in [6.45, 7) is 1.68. The highest BCUT2D eigenvalue weighted by atomic mass is 32.2. The second-order valence-electron chi connectivity index (χ2n) is 5.48. The number of nitrogens with two attached hydrogens (primary N) is 1. The van der Waals surface area contributed by atoms with Crippen molar-refractivity contribution in [3.63, 3.8) is 0 Å². The summed E-state index contributed by atoms with van der Waals surface area (Å²) in [6, 6.07) is 7.55. The molecule has 3 atom stereocenters. The first-order chi connectivity index (χ1) is 10.9. The Balaban J connectivity index is 2.16. The highest BCUT2D eigenvalue weighted by Gasteiger charge is 2.23. The highest BCUT2D eigenvalue weighted by molar-refractivity contribution is 7.90. The fraction of sp³-hybridized carbons (Fsp3) is 0.375. The molecule has 0 bridgehead atoms. The third kappa shape index (κ3) is 4.34. The molecule has 7 heteroatoms. The molecular weight excluding hydrogens is 314 g/mol. The molecule has 0 aliphatic heterocycles. The van der Waals surface area contributed by atoms with Gasteiger partial charge in [-0.05, 0) is 37.0 Å². The first-order valence-electron chi connectivity index (χ1n) is 7.34. The zero-order chi connectivity index (χ0) is 17.0. The van der Waals surface area contributed by atoms with Crippen LogP contribution in [0.15, 0.2) is 35.4 Å². The highest BCUT2D eigenvalue weighted by Crippen LogP contribution is 2.25. The number of aromatic nitrogens is 2. The van der Waals surface area contributed by atoms with Gasteiger partial charge in [-0.2, -0.15) is 0 Å². The SMILES string of the molecule is C[C@H](O)[C@H](CCc1ccccc1[S+](C)[O-])c1nc(C(N)=O)c[nH]1. The minimum Gasteiger partial charge on any atom is -0.612 e. The van der Waals surface area contributed by atoms with Gasteiger partial charge in [-0.1, -0.05) is 18.2 Å². The maximum Gasteiger partial charge on any atom is 0.268 e. The van der Waals surface area contributed by atoms with Gasteiger partial charge < -0.3 is 20.4 Å². The molecular formula is C16H21N3O3S. The number of aliphatic hydroxyl groups excluding tert-OH is 1. The Labute approximate surface area is 138 Å². The van der Waals surface area contributed by atoms with Crippen molar-refractivity contribution in [2.75, 3.05) is 6.26 Å². The average Bonchev–Trinajstić information content (AvgIpc) is 2.97. The van der Waals surface area contributed by atoms with E-state index in [4.69, 9.17) is 5.73 Å². The van der Waals surface area contributed by atoms with Crippen molar-refractivity contribution in [1.29, 1.82) is 0 Å². The Morgan fingerprint density at radius 3 is 2.74 bits per heavy atom. The van der Waals surface area contributed by atoms with Crippen LogP contribution in [0.1, 0.15) is 41.1 Å². The fourth-order valence-corrected chi connectivity index (χ4v) is 3.37. The van der Waals surface area contributed by atoms with E-state index in [9.17, 15) is 14.5 Å². The van der Waals surface area contributed by atoms with Crippen LogP contribution in [0.2, 0.25) is 0 Å². The summed E-state index contributed by atoms with van der Waals surface area (Å²) in [6.07, 6.45) is 3.72. The van der Waals surface area contributed by atoms with Crippen molar-refractivity contribution in [3.8, 4) is 0 Å². The lowest BCUT2D eigenvalue weighted by atomic mass is 9.94. The summed E-state index contributed by atoms with van der Waals surface area (Å²) in [5, 5.41) is 10.0. The van der Waals surface area contributed by atoms with E-state index in [2.05, 4.69) is 9.97 Å². The molecule has 2 aromatic rings. The van der Waals surface area contributed by atoms with Crippen molar-refractivity contribution < 1.29 is 14.5 Å². The number of carbonyl (C=O) groups excluding carboxylic acids is 1. The Kier molecular flexibility index (Phi) is 5.81. The maximum absolute atomic E-state index is 11.8. The summed E-state index contributed by atoms with van der Waals surface area (Å²) in [5.74, 6) is -0.339. The molecule has 1 aromatic heterocycles. The maximum atomic E-state index is 11.8. The predicted molar refractivity (Wildman–Crippen MR) is 88.6 cm³/mol. The molecule has 1 unspecified atom stereocenters. The van der Waals surface area contributed by atoms with Crippen LogP contribution in [0.25, 0.3) is 0 Å². The van der Waals surface area contributed by atoms with Gasteiger partial charge in [0.2, 0.25) is 0 Å². The number of imidazole rings is 1. The van der Waals surface area contributed by atoms with Gasteiger partial charge in [-0.25, -0.2) is 4.98 Å². The van der Waals surface area contributed by atoms with Crippen LogP contribution < -0.4 is 5.73 Å². The van der Waals surface area contributed by atoms with E-state index >= 15 is 0 Å². The average molecular weight is 335 g/mol. The Morgan fingerprint density at radius 2 is 2.17 bits per heavy atom. The third-order valence-electron chi connectivity index (χ3n) is 3.79. The standard InChI is InChI=1S/C16H21N3O3S/c1-10(20)12(16-18-9-13(19-16)15(17)21)8-7-11-5-3-4-6-14(11)23(2)22/h3-6,9-10,12,20H,7-8H2,1-2H3,(H2,17,21)(H,18,19)/t10-,12-,23?/m0/s1. The normalized spacial score (nSPS) is 15.1. The van der Waals surface area contributed by atoms with Gasteiger partial charge >= 0.3 is 0 Å². The lowest BCUT2D eigenvalue weighted by Gasteiger charge is -2.18. The topological polar surface area (TPSA) is 115 Å². The molecule has 0 spiro atoms. The van der Waals surface area contributed by atoms with Crippen LogP contribution in [-0.2, 0) is 17.6 Å². The first kappa shape index (κ1) is 17.5. The van der Waals surface area contributed by atoms with Crippen molar-refractivity contribution in [2.45, 2.75) is 36.7 Å². The van der Waals surface area contributed by atoms with Gasteiger partial charge in [-0.3, -0.25) is 4.79 Å². The number of H-pyrrole nitrogens is 1. The summed E-state index contributed by atoms with van der Waals surface area (Å²) in [7, 11) is 0. The van der Waals surface area contributed by atoms with Gasteiger partial charge in [-0.15, -0.1) is 0 Å². The minimum absolute atomic E-state index is 0.153. The summed E-state index contributed by atoms with van der Waals surface area (Å²) in [4.78, 5) is 19.0. The first-order valence-corrected chi connectivity index (χ1v) is 8.90. The number of carbonyl (C=O) groups is 1. The molecule has 0 fully saturated rings. The van der Waals surface area contributed by atoms with Gasteiger partial charge in [0.1, 0.15) is 17.8 Å². The summed E-state index contributed by atoms with van der Waals surface area (Å²) in [5.41, 5.74) is 6.34. The molecule has 1 heterocycles. The van der Waals surface area contributed by atoms with Crippen molar-refractivity contribution in [2.24, 2.45) is 5.73 Å². The van der Waals surface area contributed by atoms with Gasteiger partial charge in [0.15, 0.2) is 4.90 Å². The number of aliphatic hydroxyl groups is 1. The molecule has 0 aliphatic rings. The number of primary amides is 1. The van der Waals surface area contributed by atoms with Gasteiger partial charge in [0, 0.05) is 17.7 Å². The molecule has 4 N–H and O–H groups in total. The Morgan fingerprint density at radius 1 is 1.48 bits per heavy atom. The van der Waals surface area contributed by atoms with E-state index in [1.165, 1.54) is 6.20 Å². The number of hydrogen-bond donors (Lipinski definition) is 3. The predicted octanol–water partition coefficient (Wildman–Crippen LogP) is 1.34. The van der Waals surface area contributed by atoms with Crippen LogP contribution in [0.5, 0.6) is 0 Å². The molecule has 1 amide bonds. The van der Waals surface area contributed by atoms with E-state index < -0.39 is 23.2 Å². The molecule has 6 nitrogen and oxygen atoms in total. The zero-order valence-corrected chi connectivity index (χ0v) is 14.0. The Hall–Kier alpha value is -1.83.